The number of aromatic amines is 3. The van der Waals surface area contributed by atoms with Crippen LogP contribution in [0.2, 0.25) is 0 Å². The minimum Gasteiger partial charge on any atom is -0.490 e. The molecule has 4 aromatic heterocycles. The molecule has 1 aromatic carbocycles. The number of likely N-dealkylation sites (N-methyl/N-ethyl adjacent to an activating group) is 2. The highest BCUT2D eigenvalue weighted by atomic mass is 16.5. The number of hydrogen-bond donors (Lipinski definition) is 2. The van der Waals surface area contributed by atoms with Gasteiger partial charge in [-0.05, 0) is 49.8 Å². The zero-order chi connectivity index (χ0) is 31.5. The van der Waals surface area contributed by atoms with Gasteiger partial charge in [0, 0.05) is 52.0 Å². The Bertz CT molecular complexity index is 1790. The third-order valence-corrected chi connectivity index (χ3v) is 7.94. The van der Waals surface area contributed by atoms with E-state index in [1.807, 2.05) is 41.3 Å². The summed E-state index contributed by atoms with van der Waals surface area (Å²) in [5.74, 6) is -0.142. The van der Waals surface area contributed by atoms with E-state index in [1.165, 1.54) is 7.11 Å². The van der Waals surface area contributed by atoms with Gasteiger partial charge in [0.15, 0.2) is 11.4 Å². The van der Waals surface area contributed by atoms with Crippen molar-refractivity contribution in [1.29, 1.82) is 0 Å². The molecule has 1 aliphatic rings. The number of amides is 1. The Labute approximate surface area is 259 Å². The maximum absolute atomic E-state index is 13.7. The molecule has 0 aliphatic carbocycles. The summed E-state index contributed by atoms with van der Waals surface area (Å²) < 4.78 is 7.27. The molecule has 1 fully saturated rings. The van der Waals surface area contributed by atoms with Crippen molar-refractivity contribution in [1.82, 2.24) is 50.1 Å². The minimum atomic E-state index is -0.607. The molecule has 0 unspecified atom stereocenters. The predicted molar refractivity (Wildman–Crippen MR) is 166 cm³/mol. The van der Waals surface area contributed by atoms with Gasteiger partial charge in [0.2, 0.25) is 12.1 Å². The van der Waals surface area contributed by atoms with Gasteiger partial charge >= 0.3 is 0 Å². The standard InChI is InChI=1S/C30H36N12O3/c1-38(2)10-11-39(3)19-20-16-23(34-33-20)26-27-25(24(45-4)18-32-26)22(17-31-27)28(43)29(44)40-12-14-41(15-13-40)30-35-36-37-42(30)21-8-6-5-7-9-21/h5-9,16-18,31H,10-15,19H2,1-4H3,(H,33,34)/p+1. The van der Waals surface area contributed by atoms with Crippen LogP contribution >= 0.6 is 0 Å². The molecule has 1 saturated heterocycles. The fourth-order valence-electron chi connectivity index (χ4n) is 5.50. The van der Waals surface area contributed by atoms with Gasteiger partial charge in [0.25, 0.3) is 17.4 Å². The average molecular weight is 614 g/mol. The quantitative estimate of drug-likeness (QED) is 0.162. The van der Waals surface area contributed by atoms with Crippen LogP contribution in [0.4, 0.5) is 5.95 Å². The molecule has 45 heavy (non-hydrogen) atoms. The number of piperazine rings is 1. The number of methoxy groups -OCH3 is 1. The number of fused-ring (bicyclic) bond motifs is 1. The van der Waals surface area contributed by atoms with Crippen molar-refractivity contribution in [3.05, 3.63) is 60.0 Å². The topological polar surface area (TPSA) is 159 Å². The molecule has 5 heterocycles. The normalized spacial score (nSPS) is 13.7. The number of nitrogens with zero attached hydrogens (tertiary/aromatic N) is 9. The van der Waals surface area contributed by atoms with E-state index in [0.717, 1.165) is 24.5 Å². The number of H-pyrrole nitrogens is 3. The number of carbonyl (C=O) groups is 2. The molecule has 1 aliphatic heterocycles. The first-order chi connectivity index (χ1) is 21.8. The molecule has 15 heteroatoms. The Hall–Kier alpha value is -5.15. The maximum atomic E-state index is 13.7. The van der Waals surface area contributed by atoms with Crippen molar-refractivity contribution < 1.29 is 19.3 Å². The number of hydrogen-bond acceptors (Lipinski definition) is 10. The van der Waals surface area contributed by atoms with Crippen molar-refractivity contribution >= 4 is 28.5 Å². The number of tetrazole rings is 1. The van der Waals surface area contributed by atoms with E-state index < -0.39 is 11.7 Å². The van der Waals surface area contributed by atoms with Crippen LogP contribution in [0, 0.1) is 0 Å². The van der Waals surface area contributed by atoms with Crippen LogP contribution in [0.3, 0.4) is 0 Å². The van der Waals surface area contributed by atoms with Crippen molar-refractivity contribution in [2.75, 3.05) is 72.4 Å². The lowest BCUT2D eigenvalue weighted by molar-refractivity contribution is -0.364. The van der Waals surface area contributed by atoms with Crippen molar-refractivity contribution in [3.63, 3.8) is 0 Å². The van der Waals surface area contributed by atoms with Crippen LogP contribution in [0.5, 0.6) is 5.75 Å². The number of para-hydroxylation sites is 1. The Morgan fingerprint density at radius 3 is 2.58 bits per heavy atom. The van der Waals surface area contributed by atoms with E-state index >= 15 is 0 Å². The first-order valence-electron chi connectivity index (χ1n) is 14.7. The van der Waals surface area contributed by atoms with Gasteiger partial charge in [-0.1, -0.05) is 23.3 Å². The Balaban J connectivity index is 1.18. The average Bonchev–Trinajstić information content (AvgIpc) is 3.84. The van der Waals surface area contributed by atoms with E-state index in [4.69, 9.17) is 4.74 Å². The molecule has 0 saturated carbocycles. The van der Waals surface area contributed by atoms with E-state index in [9.17, 15) is 9.59 Å². The van der Waals surface area contributed by atoms with E-state index in [0.29, 0.717) is 66.7 Å². The molecule has 0 atom stereocenters. The lowest BCUT2D eigenvalue weighted by atomic mass is 10.1. The van der Waals surface area contributed by atoms with E-state index in [2.05, 4.69) is 66.6 Å². The molecule has 15 nitrogen and oxygen atoms in total. The number of nitrogens with one attached hydrogen (secondary N) is 3. The van der Waals surface area contributed by atoms with E-state index in [-0.39, 0.29) is 5.56 Å². The zero-order valence-electron chi connectivity index (χ0n) is 25.8. The number of ether oxygens (including phenoxy) is 1. The first-order valence-corrected chi connectivity index (χ1v) is 14.7. The molecule has 3 N–H and O–H groups in total. The second kappa shape index (κ2) is 12.8. The molecule has 0 radical (unpaired) electrons. The molecule has 1 amide bonds. The third-order valence-electron chi connectivity index (χ3n) is 7.94. The monoisotopic (exact) mass is 613 g/mol. The molecule has 6 rings (SSSR count). The number of ketones is 1. The van der Waals surface area contributed by atoms with Gasteiger partial charge in [0.1, 0.15) is 5.52 Å². The van der Waals surface area contributed by atoms with Gasteiger partial charge in [-0.3, -0.25) is 19.6 Å². The molecular weight excluding hydrogens is 576 g/mol. The van der Waals surface area contributed by atoms with Gasteiger partial charge in [-0.2, -0.15) is 9.78 Å². The summed E-state index contributed by atoms with van der Waals surface area (Å²) in [7, 11) is 7.70. The van der Waals surface area contributed by atoms with Gasteiger partial charge in [-0.15, -0.1) is 0 Å². The molecular formula is C30H37N12O3+. The summed E-state index contributed by atoms with van der Waals surface area (Å²) in [6.45, 7) is 4.23. The number of anilines is 1. The third kappa shape index (κ3) is 6.12. The SMILES string of the molecule is COc1c[nH+]c(-c2cc(CN(C)CCN(C)C)[nH]n2)c2[nH]cc(C(=O)C(=O)N3CCN(c4nnnn4-c4ccccc4)CC3)c12. The summed E-state index contributed by atoms with van der Waals surface area (Å²) in [5.41, 5.74) is 4.03. The Kier molecular flexibility index (Phi) is 8.53. The lowest BCUT2D eigenvalue weighted by Crippen LogP contribution is -2.51. The smallest absolute Gasteiger partial charge is 0.295 e. The first kappa shape index (κ1) is 29.9. The summed E-state index contributed by atoms with van der Waals surface area (Å²) >= 11 is 0. The van der Waals surface area contributed by atoms with Crippen LogP contribution < -0.4 is 14.6 Å². The van der Waals surface area contributed by atoms with Gasteiger partial charge in [0.05, 0.1) is 29.4 Å². The summed E-state index contributed by atoms with van der Waals surface area (Å²) in [4.78, 5) is 41.5. The molecule has 234 valence electrons. The van der Waals surface area contributed by atoms with Gasteiger partial charge in [-0.25, -0.2) is 4.98 Å². The summed E-state index contributed by atoms with van der Waals surface area (Å²) in [6, 6.07) is 11.6. The number of benzene rings is 1. The van der Waals surface area contributed by atoms with Gasteiger partial charge < -0.3 is 24.4 Å². The summed E-state index contributed by atoms with van der Waals surface area (Å²) in [6.07, 6.45) is 3.25. The predicted octanol–water partition coefficient (Wildman–Crippen LogP) is 0.881. The minimum absolute atomic E-state index is 0.247. The summed E-state index contributed by atoms with van der Waals surface area (Å²) in [5, 5.41) is 20.3. The van der Waals surface area contributed by atoms with Crippen molar-refractivity contribution in [2.24, 2.45) is 0 Å². The van der Waals surface area contributed by atoms with Crippen LogP contribution in [0.15, 0.2) is 48.8 Å². The van der Waals surface area contributed by atoms with E-state index in [1.54, 1.807) is 22.0 Å². The highest BCUT2D eigenvalue weighted by Crippen LogP contribution is 2.33. The number of pyridine rings is 1. The number of rotatable bonds is 11. The van der Waals surface area contributed by atoms with Crippen LogP contribution in [-0.2, 0) is 11.3 Å². The Morgan fingerprint density at radius 1 is 1.07 bits per heavy atom. The van der Waals surface area contributed by atoms with Crippen LogP contribution in [-0.4, -0.2) is 129 Å². The van der Waals surface area contributed by atoms with Crippen LogP contribution in [0.1, 0.15) is 16.1 Å². The highest BCUT2D eigenvalue weighted by Gasteiger charge is 2.32. The van der Waals surface area contributed by atoms with Crippen molar-refractivity contribution in [3.8, 4) is 22.8 Å². The second-order valence-electron chi connectivity index (χ2n) is 11.3. The van der Waals surface area contributed by atoms with Crippen molar-refractivity contribution in [2.45, 2.75) is 6.54 Å². The molecule has 5 aromatic rings. The molecule has 0 bridgehead atoms. The molecule has 0 spiro atoms. The highest BCUT2D eigenvalue weighted by molar-refractivity contribution is 6.45. The van der Waals surface area contributed by atoms with Crippen LogP contribution in [0.25, 0.3) is 28.0 Å². The fraction of sp³-hybridized carbons (Fsp3) is 0.367. The zero-order valence-corrected chi connectivity index (χ0v) is 25.8. The number of Topliss-reactive ketones (excluding diaryl/α,β-unsaturated/α-hetero) is 1. The lowest BCUT2D eigenvalue weighted by Gasteiger charge is -2.34. The largest absolute Gasteiger partial charge is 0.490 e. The fourth-order valence-corrected chi connectivity index (χ4v) is 5.50. The Morgan fingerprint density at radius 2 is 1.84 bits per heavy atom. The number of carbonyl (C=O) groups excluding carboxylic acids is 2. The maximum Gasteiger partial charge on any atom is 0.295 e. The number of aromatic nitrogens is 8. The second-order valence-corrected chi connectivity index (χ2v) is 11.3.